The zero-order chi connectivity index (χ0) is 77.6. The number of hydrogen-bond acceptors (Lipinski definition) is 20. The number of aromatic nitrogens is 5. The maximum Gasteiger partial charge on any atom is 0.416 e. The number of amides is 11. The van der Waals surface area contributed by atoms with E-state index < -0.39 is 83.6 Å². The summed E-state index contributed by atoms with van der Waals surface area (Å²) >= 11 is 0. The van der Waals surface area contributed by atoms with Crippen LogP contribution >= 0.6 is 0 Å². The van der Waals surface area contributed by atoms with E-state index in [-0.39, 0.29) is 155 Å². The van der Waals surface area contributed by atoms with Gasteiger partial charge in [-0.05, 0) is 85.8 Å². The highest BCUT2D eigenvalue weighted by molar-refractivity contribution is 6.13. The van der Waals surface area contributed by atoms with Gasteiger partial charge in [0.05, 0.1) is 81.4 Å². The Morgan fingerprint density at radius 1 is 0.667 bits per heavy atom. The van der Waals surface area contributed by atoms with Crippen LogP contribution in [0.25, 0.3) is 10.9 Å². The van der Waals surface area contributed by atoms with Gasteiger partial charge in [0, 0.05) is 114 Å². The number of imide groups is 1. The number of carbonyl (C=O) groups is 12. The summed E-state index contributed by atoms with van der Waals surface area (Å²) in [5.74, 6) is -4.88. The van der Waals surface area contributed by atoms with Crippen molar-refractivity contribution in [1.82, 2.24) is 49.0 Å². The Morgan fingerprint density at radius 3 is 2.06 bits per heavy atom. The number of carbonyl (C=O) groups excluding carboxylic acids is 12. The summed E-state index contributed by atoms with van der Waals surface area (Å²) in [7, 11) is 7.81. The van der Waals surface area contributed by atoms with E-state index in [0.717, 1.165) is 27.3 Å². The van der Waals surface area contributed by atoms with Gasteiger partial charge in [-0.2, -0.15) is 0 Å². The lowest BCUT2D eigenvalue weighted by Crippen LogP contribution is -2.53. The molecular formula is C74H85N15O19. The number of ether oxygens (including phenoxy) is 6. The molecule has 8 N–H and O–H groups in total. The Labute approximate surface area is 619 Å². The lowest BCUT2D eigenvalue weighted by Gasteiger charge is -2.31. The molecule has 0 bridgehead atoms. The molecule has 7 aromatic rings. The molecule has 34 heteroatoms. The van der Waals surface area contributed by atoms with E-state index in [9.17, 15) is 62.6 Å². The van der Waals surface area contributed by atoms with E-state index in [1.54, 1.807) is 108 Å². The number of anilines is 5. The Bertz CT molecular complexity index is 4640. The minimum absolute atomic E-state index is 0.00724. The Kier molecular flexibility index (Phi) is 25.4. The molecule has 0 saturated carbocycles. The van der Waals surface area contributed by atoms with Crippen LogP contribution in [0.1, 0.15) is 100 Å². The molecule has 3 aliphatic rings. The second-order valence-corrected chi connectivity index (χ2v) is 26.1. The first kappa shape index (κ1) is 78.2. The Morgan fingerprint density at radius 2 is 1.36 bits per heavy atom. The molecule has 11 amide bonds. The average molecular weight is 1490 g/mol. The van der Waals surface area contributed by atoms with Crippen molar-refractivity contribution >= 4 is 111 Å². The van der Waals surface area contributed by atoms with Gasteiger partial charge < -0.3 is 89.3 Å². The van der Waals surface area contributed by atoms with Crippen LogP contribution in [0.3, 0.4) is 0 Å². The van der Waals surface area contributed by atoms with Crippen LogP contribution in [-0.2, 0) is 75.5 Å². The third kappa shape index (κ3) is 19.0. The number of aliphatic hydroxyl groups excluding tert-OH is 1. The van der Waals surface area contributed by atoms with E-state index in [2.05, 4.69) is 48.8 Å². The third-order valence-electron chi connectivity index (χ3n) is 17.9. The highest BCUT2D eigenvalue weighted by atomic mass is 16.6. The molecule has 7 heterocycles. The van der Waals surface area contributed by atoms with Crippen LogP contribution < -0.4 is 56.3 Å². The first-order valence-electron chi connectivity index (χ1n) is 34.6. The number of nitrogens with zero attached hydrogens (tertiary/aromatic N) is 8. The Hall–Kier alpha value is -12.4. The van der Waals surface area contributed by atoms with Crippen LogP contribution in [0.2, 0.25) is 0 Å². The summed E-state index contributed by atoms with van der Waals surface area (Å²) in [4.78, 5) is 165. The molecule has 0 spiro atoms. The van der Waals surface area contributed by atoms with E-state index >= 15 is 0 Å². The van der Waals surface area contributed by atoms with Gasteiger partial charge in [0.15, 0.2) is 23.5 Å². The highest BCUT2D eigenvalue weighted by Crippen LogP contribution is 2.42. The Balaban J connectivity index is 0.664. The zero-order valence-electron chi connectivity index (χ0n) is 60.8. The van der Waals surface area contributed by atoms with Gasteiger partial charge in [-0.3, -0.25) is 62.2 Å². The van der Waals surface area contributed by atoms with Crippen LogP contribution in [0.4, 0.5) is 33.4 Å². The summed E-state index contributed by atoms with van der Waals surface area (Å²) in [6.07, 6.45) is 6.04. The molecule has 4 aromatic heterocycles. The van der Waals surface area contributed by atoms with Gasteiger partial charge >= 0.3 is 6.09 Å². The van der Waals surface area contributed by atoms with Crippen molar-refractivity contribution in [2.45, 2.75) is 83.8 Å². The third-order valence-corrected chi connectivity index (χ3v) is 17.9. The van der Waals surface area contributed by atoms with E-state index in [1.165, 1.54) is 57.0 Å². The van der Waals surface area contributed by atoms with Crippen molar-refractivity contribution < 1.29 is 91.1 Å². The number of rotatable bonds is 33. The van der Waals surface area contributed by atoms with E-state index in [4.69, 9.17) is 28.4 Å². The molecule has 10 rings (SSSR count). The number of hydrogen-bond donors (Lipinski definition) is 8. The molecule has 1 unspecified atom stereocenters. The van der Waals surface area contributed by atoms with Gasteiger partial charge in [-0.15, -0.1) is 0 Å². The minimum atomic E-state index is -1.62. The molecule has 34 nitrogen and oxygen atoms in total. The lowest BCUT2D eigenvalue weighted by atomic mass is 10.0. The van der Waals surface area contributed by atoms with Crippen molar-refractivity contribution in [3.8, 4) is 17.2 Å². The van der Waals surface area contributed by atoms with Gasteiger partial charge in [0.2, 0.25) is 35.4 Å². The largest absolute Gasteiger partial charge is 0.497 e. The number of methoxy groups -OCH3 is 2. The number of aliphatic hydroxyl groups is 1. The molecular weight excluding hydrogens is 1400 g/mol. The molecule has 570 valence electrons. The van der Waals surface area contributed by atoms with Gasteiger partial charge in [-0.25, -0.2) is 14.7 Å². The summed E-state index contributed by atoms with van der Waals surface area (Å²) < 4.78 is 39.9. The standard InChI is InChI=1S/C74H85N15O19/c1-42(2)65(82-62(92)22-27-105-29-30-106-28-23-75-60(90)21-25-87-63(93)18-19-64(87)94)69(97)76-44(4)67(95)77-47-14-12-45(13-15-47)41-108-74(102)89-53-36-58(57(104-9)35-51(53)71(99)88-37-43(3)31-56(88)73(89)101)107-26-10-11-61(91)80-59-40-85(7)66(81-59)70(98)79-48-33-54(83(5)38-48)68(96)78-49-34-55(84(6)39-49)72(100)86-24-20-46-32-50(103-8)16-17-52(46)86/h12-20,24,32-36,38-40,42,44,56,65,73,101H,3,10-11,21-23,25-31,37,41H2,1-2,4-9H3,(H,75,90)(H,76,97)(H,77,95)(H,78,96)(H,79,98)(H,80,91)(H,82,92)/t44-,56?,65-,73+/m0/s1. The minimum Gasteiger partial charge on any atom is -0.497 e. The molecule has 3 aromatic carbocycles. The fraction of sp³-hybridized carbons (Fsp3) is 0.365. The lowest BCUT2D eigenvalue weighted by molar-refractivity contribution is -0.137. The SMILES string of the molecule is C=C1CC2[C@@H](O)N(C(=O)OCc3ccc(NC(=O)[C@H](C)NC(=O)[C@@H](NC(=O)CCOCCOCCNC(=O)CCN4C(=O)C=CC4=O)C(C)C)cc3)c3cc(OCCCC(=O)Nc4cn(C)c(C(=O)Nc5cc(C(=O)Nc6cc(C(=O)n7ccc8cc(OC)ccc87)n(C)c6)n(C)c5)n4)c(OC)cc3C(=O)N2C1. The molecule has 0 aliphatic carbocycles. The van der Waals surface area contributed by atoms with Crippen molar-refractivity contribution in [2.75, 3.05) is 93.1 Å². The predicted octanol–water partition coefficient (Wildman–Crippen LogP) is 4.74. The van der Waals surface area contributed by atoms with E-state index in [0.29, 0.717) is 39.5 Å². The molecule has 1 saturated heterocycles. The first-order valence-corrected chi connectivity index (χ1v) is 34.6. The number of benzene rings is 3. The predicted molar refractivity (Wildman–Crippen MR) is 391 cm³/mol. The molecule has 108 heavy (non-hydrogen) atoms. The maximum absolute atomic E-state index is 14.3. The van der Waals surface area contributed by atoms with Crippen molar-refractivity contribution in [3.63, 3.8) is 0 Å². The van der Waals surface area contributed by atoms with Crippen molar-refractivity contribution in [1.29, 1.82) is 0 Å². The second kappa shape index (κ2) is 35.1. The fourth-order valence-electron chi connectivity index (χ4n) is 12.2. The number of imidazole rings is 1. The average Bonchev–Trinajstić information content (AvgIpc) is 1.59. The zero-order valence-corrected chi connectivity index (χ0v) is 60.8. The molecule has 4 atom stereocenters. The smallest absolute Gasteiger partial charge is 0.416 e. The molecule has 0 radical (unpaired) electrons. The summed E-state index contributed by atoms with van der Waals surface area (Å²) in [5, 5.41) is 31.8. The quantitative estimate of drug-likeness (QED) is 0.0156. The van der Waals surface area contributed by atoms with Gasteiger partial charge in [0.1, 0.15) is 35.8 Å². The number of fused-ring (bicyclic) bond motifs is 3. The van der Waals surface area contributed by atoms with Crippen LogP contribution in [0.5, 0.6) is 17.2 Å². The van der Waals surface area contributed by atoms with Gasteiger partial charge in [0.25, 0.3) is 35.4 Å². The molecule has 1 fully saturated rings. The monoisotopic (exact) mass is 1490 g/mol. The normalized spacial score (nSPS) is 15.1. The summed E-state index contributed by atoms with van der Waals surface area (Å²) in [6.45, 7) is 9.37. The maximum atomic E-state index is 14.3. The number of nitrogens with one attached hydrogen (secondary N) is 7. The topological polar surface area (TPSA) is 407 Å². The molecule has 3 aliphatic heterocycles. The van der Waals surface area contributed by atoms with E-state index in [1.807, 2.05) is 12.1 Å². The number of aryl methyl sites for hydroxylation is 3. The first-order chi connectivity index (χ1) is 51.7. The fourth-order valence-corrected chi connectivity index (χ4v) is 12.2. The summed E-state index contributed by atoms with van der Waals surface area (Å²) in [5.41, 5.74) is 3.23. The van der Waals surface area contributed by atoms with Gasteiger partial charge in [-0.1, -0.05) is 38.1 Å². The van der Waals surface area contributed by atoms with Crippen LogP contribution in [0.15, 0.2) is 122 Å². The highest BCUT2D eigenvalue weighted by Gasteiger charge is 2.46. The van der Waals surface area contributed by atoms with Crippen molar-refractivity contribution in [2.24, 2.45) is 27.1 Å². The van der Waals surface area contributed by atoms with Crippen molar-refractivity contribution in [3.05, 3.63) is 150 Å². The second-order valence-electron chi connectivity index (χ2n) is 26.1. The van der Waals surface area contributed by atoms with Crippen LogP contribution in [-0.4, -0.2) is 200 Å². The summed E-state index contributed by atoms with van der Waals surface area (Å²) in [6, 6.07) is 16.3. The van der Waals surface area contributed by atoms with Crippen LogP contribution in [0, 0.1) is 5.92 Å².